The largest absolute Gasteiger partial charge is 0.457 e. The monoisotopic (exact) mass is 517 g/mol. The minimum Gasteiger partial charge on any atom is -0.457 e. The van der Waals surface area contributed by atoms with Gasteiger partial charge in [-0.25, -0.2) is 0 Å². The van der Waals surface area contributed by atoms with Gasteiger partial charge in [0.25, 0.3) is 5.91 Å². The minimum atomic E-state index is -0.696. The van der Waals surface area contributed by atoms with Crippen LogP contribution in [0.3, 0.4) is 0 Å². The van der Waals surface area contributed by atoms with E-state index in [-0.39, 0.29) is 37.3 Å². The first-order valence-electron chi connectivity index (χ1n) is 11.6. The van der Waals surface area contributed by atoms with Gasteiger partial charge >= 0.3 is 0 Å². The smallest absolute Gasteiger partial charge is 0.251 e. The lowest BCUT2D eigenvalue weighted by molar-refractivity contribution is -0.137. The maximum Gasteiger partial charge on any atom is 0.251 e. The molecule has 190 valence electrons. The van der Waals surface area contributed by atoms with Crippen molar-refractivity contribution in [1.82, 2.24) is 15.5 Å². The van der Waals surface area contributed by atoms with Crippen LogP contribution in [0.1, 0.15) is 27.2 Å². The lowest BCUT2D eigenvalue weighted by atomic mass is 10.1. The Hall–Kier alpha value is -4.44. The molecular weight excluding hydrogens is 490 g/mol. The van der Waals surface area contributed by atoms with E-state index in [0.717, 1.165) is 10.5 Å². The van der Waals surface area contributed by atoms with Gasteiger partial charge in [0.05, 0.1) is 13.1 Å². The van der Waals surface area contributed by atoms with Crippen LogP contribution in [0.2, 0.25) is 0 Å². The molecule has 0 aliphatic carbocycles. The highest BCUT2D eigenvalue weighted by atomic mass is 32.1. The summed E-state index contributed by atoms with van der Waals surface area (Å²) in [5.74, 6) is 0.167. The molecule has 3 aromatic rings. The summed E-state index contributed by atoms with van der Waals surface area (Å²) in [7, 11) is 0. The van der Waals surface area contributed by atoms with Gasteiger partial charge in [0, 0.05) is 27.9 Å². The van der Waals surface area contributed by atoms with Gasteiger partial charge in [-0.15, -0.1) is 11.3 Å². The number of nitrogens with one attached hydrogen (secondary N) is 3. The fourth-order valence-corrected chi connectivity index (χ4v) is 4.68. The fourth-order valence-electron chi connectivity index (χ4n) is 3.86. The number of carbonyl (C=O) groups excluding carboxylic acids is 3. The van der Waals surface area contributed by atoms with Crippen molar-refractivity contribution >= 4 is 34.9 Å². The third kappa shape index (κ3) is 6.62. The Morgan fingerprint density at radius 2 is 1.76 bits per heavy atom. The van der Waals surface area contributed by atoms with E-state index < -0.39 is 11.9 Å². The molecule has 0 radical (unpaired) electrons. The van der Waals surface area contributed by atoms with Crippen LogP contribution in [0.25, 0.3) is 0 Å². The molecule has 1 saturated heterocycles. The van der Waals surface area contributed by atoms with E-state index in [1.54, 1.807) is 35.7 Å². The van der Waals surface area contributed by atoms with Crippen LogP contribution >= 0.6 is 11.3 Å². The summed E-state index contributed by atoms with van der Waals surface area (Å²) in [6, 6.07) is 17.0. The first-order valence-corrected chi connectivity index (χ1v) is 12.4. The molecule has 10 heteroatoms. The van der Waals surface area contributed by atoms with Crippen molar-refractivity contribution in [3.63, 3.8) is 0 Å². The van der Waals surface area contributed by atoms with Gasteiger partial charge in [-0.1, -0.05) is 30.4 Å². The molecule has 1 aliphatic rings. The lowest BCUT2D eigenvalue weighted by Crippen LogP contribution is -2.48. The van der Waals surface area contributed by atoms with Crippen LogP contribution in [0, 0.1) is 5.41 Å². The summed E-state index contributed by atoms with van der Waals surface area (Å²) in [6.07, 6.45) is 0.359. The van der Waals surface area contributed by atoms with Crippen LogP contribution in [0.5, 0.6) is 11.5 Å². The van der Waals surface area contributed by atoms with Gasteiger partial charge in [-0.2, -0.15) is 0 Å². The first kappa shape index (κ1) is 25.6. The fraction of sp³-hybridized carbons (Fsp3) is 0.185. The van der Waals surface area contributed by atoms with E-state index in [0.29, 0.717) is 29.0 Å². The number of likely N-dealkylation sites (tertiary alicyclic amines) is 1. The summed E-state index contributed by atoms with van der Waals surface area (Å²) in [6.45, 7) is 4.21. The molecule has 1 aliphatic heterocycles. The maximum atomic E-state index is 12.9. The molecule has 0 saturated carbocycles. The molecule has 1 atom stereocenters. The number of hydrogen-bond acceptors (Lipinski definition) is 6. The average Bonchev–Trinajstić information content (AvgIpc) is 3.54. The number of nitrogen functional groups attached to an aromatic ring is 1. The number of carbonyl (C=O) groups is 3. The highest BCUT2D eigenvalue weighted by Crippen LogP contribution is 2.23. The summed E-state index contributed by atoms with van der Waals surface area (Å²) in [4.78, 5) is 40.6. The van der Waals surface area contributed by atoms with Gasteiger partial charge in [-0.3, -0.25) is 19.8 Å². The van der Waals surface area contributed by atoms with Crippen LogP contribution in [0.4, 0.5) is 0 Å². The summed E-state index contributed by atoms with van der Waals surface area (Å²) in [5, 5.41) is 14.7. The quantitative estimate of drug-likeness (QED) is 0.196. The molecule has 2 aromatic carbocycles. The molecule has 0 bridgehead atoms. The molecule has 37 heavy (non-hydrogen) atoms. The topological polar surface area (TPSA) is 138 Å². The Morgan fingerprint density at radius 3 is 2.43 bits per heavy atom. The normalized spacial score (nSPS) is 14.8. The van der Waals surface area contributed by atoms with E-state index in [2.05, 4.69) is 17.2 Å². The van der Waals surface area contributed by atoms with Crippen molar-refractivity contribution in [2.24, 2.45) is 5.73 Å². The number of hydrogen-bond donors (Lipinski definition) is 4. The minimum absolute atomic E-state index is 0.0313. The van der Waals surface area contributed by atoms with Gasteiger partial charge in [0.15, 0.2) is 0 Å². The summed E-state index contributed by atoms with van der Waals surface area (Å²) < 4.78 is 5.73. The van der Waals surface area contributed by atoms with Crippen LogP contribution < -0.4 is 21.1 Å². The van der Waals surface area contributed by atoms with Crippen LogP contribution in [-0.4, -0.2) is 47.6 Å². The molecular formula is C27H27N5O4S. The Morgan fingerprint density at radius 1 is 1.05 bits per heavy atom. The highest BCUT2D eigenvalue weighted by molar-refractivity contribution is 7.10. The zero-order valence-corrected chi connectivity index (χ0v) is 20.8. The Bertz CT molecular complexity index is 1320. The highest BCUT2D eigenvalue weighted by Gasteiger charge is 2.35. The Kier molecular flexibility index (Phi) is 7.99. The predicted molar refractivity (Wildman–Crippen MR) is 142 cm³/mol. The lowest BCUT2D eigenvalue weighted by Gasteiger charge is -2.23. The van der Waals surface area contributed by atoms with Gasteiger partial charge in [0.2, 0.25) is 11.8 Å². The molecule has 0 spiro atoms. The van der Waals surface area contributed by atoms with Gasteiger partial charge in [0.1, 0.15) is 23.4 Å². The summed E-state index contributed by atoms with van der Waals surface area (Å²) >= 11 is 1.39. The Labute approximate surface area is 218 Å². The zero-order valence-electron chi connectivity index (χ0n) is 20.0. The molecule has 4 rings (SSSR count). The van der Waals surface area contributed by atoms with Crippen molar-refractivity contribution in [2.75, 3.05) is 13.1 Å². The van der Waals surface area contributed by atoms with E-state index >= 15 is 0 Å². The number of benzene rings is 2. The maximum absolute atomic E-state index is 12.9. The standard InChI is InChI=1S/C27H27N5O4S/c1-17-11-23(27(35)30-13-22-12-19(16-37-22)25(28)29)32(15-17)24(33)14-31-26(34)18-7-9-21(10-8-18)36-20-5-3-2-4-6-20/h2-10,12,16,23H,1,11,13-15H2,(H3,28,29)(H,30,35)(H,31,34). The summed E-state index contributed by atoms with van der Waals surface area (Å²) in [5.41, 5.74) is 7.24. The number of amides is 3. The number of amidine groups is 1. The molecule has 1 aromatic heterocycles. The Balaban J connectivity index is 1.29. The second kappa shape index (κ2) is 11.5. The number of para-hydroxylation sites is 1. The second-order valence-corrected chi connectivity index (χ2v) is 9.54. The number of ether oxygens (including phenoxy) is 1. The third-order valence-electron chi connectivity index (χ3n) is 5.77. The van der Waals surface area contributed by atoms with E-state index in [1.165, 1.54) is 16.2 Å². The second-order valence-electron chi connectivity index (χ2n) is 8.55. The number of nitrogens with two attached hydrogens (primary N) is 1. The number of rotatable bonds is 9. The third-order valence-corrected chi connectivity index (χ3v) is 6.71. The van der Waals surface area contributed by atoms with E-state index in [1.807, 2.05) is 30.3 Å². The van der Waals surface area contributed by atoms with E-state index in [9.17, 15) is 14.4 Å². The first-order chi connectivity index (χ1) is 17.8. The van der Waals surface area contributed by atoms with Crippen molar-refractivity contribution in [1.29, 1.82) is 5.41 Å². The molecule has 1 fully saturated rings. The molecule has 1 unspecified atom stereocenters. The van der Waals surface area contributed by atoms with E-state index in [4.69, 9.17) is 15.9 Å². The van der Waals surface area contributed by atoms with Gasteiger partial charge < -0.3 is 26.0 Å². The predicted octanol–water partition coefficient (Wildman–Crippen LogP) is 3.03. The molecule has 3 amide bonds. The van der Waals surface area contributed by atoms with Crippen LogP contribution in [0.15, 0.2) is 78.2 Å². The van der Waals surface area contributed by atoms with Crippen LogP contribution in [-0.2, 0) is 16.1 Å². The SMILES string of the molecule is C=C1CC(C(=O)NCc2cc(C(=N)N)cs2)N(C(=O)CNC(=O)c2ccc(Oc3ccccc3)cc2)C1. The van der Waals surface area contributed by atoms with Crippen molar-refractivity contribution in [2.45, 2.75) is 19.0 Å². The molecule has 9 nitrogen and oxygen atoms in total. The van der Waals surface area contributed by atoms with Crippen molar-refractivity contribution < 1.29 is 19.1 Å². The molecule has 5 N–H and O–H groups in total. The van der Waals surface area contributed by atoms with Crippen molar-refractivity contribution in [3.8, 4) is 11.5 Å². The number of nitrogens with zero attached hydrogens (tertiary/aromatic N) is 1. The average molecular weight is 518 g/mol. The van der Waals surface area contributed by atoms with Crippen molar-refractivity contribution in [3.05, 3.63) is 94.2 Å². The molecule has 2 heterocycles. The zero-order chi connectivity index (χ0) is 26.4. The number of thiophene rings is 1. The van der Waals surface area contributed by atoms with Gasteiger partial charge in [-0.05, 0) is 48.9 Å².